The van der Waals surface area contributed by atoms with E-state index in [4.69, 9.17) is 0 Å². The van der Waals surface area contributed by atoms with Crippen LogP contribution >= 0.6 is 0 Å². The van der Waals surface area contributed by atoms with Gasteiger partial charge in [-0.15, -0.1) is 0 Å². The molecular formula is C18H26N4O2. The van der Waals surface area contributed by atoms with Gasteiger partial charge in [-0.2, -0.15) is 5.10 Å². The van der Waals surface area contributed by atoms with Gasteiger partial charge in [0.2, 0.25) is 0 Å². The molecule has 1 aromatic carbocycles. The van der Waals surface area contributed by atoms with E-state index in [9.17, 15) is 9.90 Å². The number of aliphatic hydroxyl groups is 1. The monoisotopic (exact) mass is 330 g/mol. The van der Waals surface area contributed by atoms with Gasteiger partial charge in [0.15, 0.2) is 0 Å². The molecule has 0 bridgehead atoms. The van der Waals surface area contributed by atoms with Crippen molar-refractivity contribution < 1.29 is 9.90 Å². The lowest BCUT2D eigenvalue weighted by atomic mass is 9.96. The van der Waals surface area contributed by atoms with Crippen molar-refractivity contribution in [2.45, 2.75) is 39.3 Å². The molecule has 6 nitrogen and oxygen atoms in total. The van der Waals surface area contributed by atoms with Crippen molar-refractivity contribution >= 4 is 6.03 Å². The molecule has 3 N–H and O–H groups in total. The molecule has 2 atom stereocenters. The lowest BCUT2D eigenvalue weighted by Crippen LogP contribution is -2.44. The van der Waals surface area contributed by atoms with E-state index in [1.807, 2.05) is 58.2 Å². The zero-order valence-electron chi connectivity index (χ0n) is 14.9. The topological polar surface area (TPSA) is 79.2 Å². The van der Waals surface area contributed by atoms with Gasteiger partial charge in [-0.3, -0.25) is 4.68 Å². The Morgan fingerprint density at radius 1 is 1.33 bits per heavy atom. The van der Waals surface area contributed by atoms with Gasteiger partial charge in [-0.05, 0) is 33.3 Å². The number of carbonyl (C=O) groups excluding carboxylic acids is 1. The maximum absolute atomic E-state index is 12.2. The summed E-state index contributed by atoms with van der Waals surface area (Å²) in [6.07, 6.45) is 0. The van der Waals surface area contributed by atoms with Gasteiger partial charge in [0, 0.05) is 18.3 Å². The Bertz CT molecular complexity index is 707. The van der Waals surface area contributed by atoms with Crippen LogP contribution in [0.4, 0.5) is 4.79 Å². The van der Waals surface area contributed by atoms with Crippen molar-refractivity contribution in [1.82, 2.24) is 20.4 Å². The van der Waals surface area contributed by atoms with Crippen LogP contribution in [0.5, 0.6) is 0 Å². The quantitative estimate of drug-likeness (QED) is 0.787. The highest BCUT2D eigenvalue weighted by Gasteiger charge is 2.24. The summed E-state index contributed by atoms with van der Waals surface area (Å²) in [5.41, 5.74) is 2.58. The number of rotatable bonds is 5. The van der Waals surface area contributed by atoms with Gasteiger partial charge in [-0.25, -0.2) is 4.79 Å². The molecule has 0 aliphatic heterocycles. The number of amides is 2. The molecule has 6 heteroatoms. The number of nitrogens with zero attached hydrogens (tertiary/aromatic N) is 2. The Hall–Kier alpha value is -2.34. The second-order valence-electron chi connectivity index (χ2n) is 6.40. The molecule has 0 spiro atoms. The summed E-state index contributed by atoms with van der Waals surface area (Å²) < 4.78 is 1.81. The normalized spacial score (nSPS) is 14.8. The van der Waals surface area contributed by atoms with Crippen LogP contribution in [0.25, 0.3) is 0 Å². The number of carbonyl (C=O) groups is 1. The standard InChI is InChI=1S/C18H26N4O2/c1-12(16-13(2)21-22(5)14(16)3)20-17(23)19-11-18(4,24)15-9-7-6-8-10-15/h6-10,12,24H,11H2,1-5H3,(H2,19,20,23)/t12-,18-/m1/s1. The highest BCUT2D eigenvalue weighted by Crippen LogP contribution is 2.21. The van der Waals surface area contributed by atoms with E-state index in [1.54, 1.807) is 11.6 Å². The van der Waals surface area contributed by atoms with Crippen molar-refractivity contribution in [3.8, 4) is 0 Å². The molecule has 0 radical (unpaired) electrons. The van der Waals surface area contributed by atoms with Crippen LogP contribution in [-0.2, 0) is 12.6 Å². The zero-order valence-corrected chi connectivity index (χ0v) is 14.9. The summed E-state index contributed by atoms with van der Waals surface area (Å²) in [6.45, 7) is 7.64. The predicted octanol–water partition coefficient (Wildman–Crippen LogP) is 2.30. The smallest absolute Gasteiger partial charge is 0.315 e. The minimum Gasteiger partial charge on any atom is -0.384 e. The molecule has 2 amide bonds. The van der Waals surface area contributed by atoms with Gasteiger partial charge in [0.05, 0.1) is 18.3 Å². The molecular weight excluding hydrogens is 304 g/mol. The number of benzene rings is 1. The first-order valence-electron chi connectivity index (χ1n) is 8.04. The van der Waals surface area contributed by atoms with E-state index < -0.39 is 5.60 Å². The third kappa shape index (κ3) is 3.94. The third-order valence-corrected chi connectivity index (χ3v) is 4.33. The molecule has 1 heterocycles. The second kappa shape index (κ2) is 7.05. The number of aryl methyl sites for hydroxylation is 2. The molecule has 0 saturated heterocycles. The van der Waals surface area contributed by atoms with Crippen molar-refractivity contribution in [3.63, 3.8) is 0 Å². The SMILES string of the molecule is Cc1nn(C)c(C)c1[C@@H](C)NC(=O)NC[C@@](C)(O)c1ccccc1. The number of hydrogen-bond acceptors (Lipinski definition) is 3. The predicted molar refractivity (Wildman–Crippen MR) is 93.6 cm³/mol. The number of hydrogen-bond donors (Lipinski definition) is 3. The minimum absolute atomic E-state index is 0.126. The van der Waals surface area contributed by atoms with E-state index in [2.05, 4.69) is 15.7 Å². The summed E-state index contributed by atoms with van der Waals surface area (Å²) in [7, 11) is 1.88. The lowest BCUT2D eigenvalue weighted by Gasteiger charge is -2.25. The lowest BCUT2D eigenvalue weighted by molar-refractivity contribution is 0.0593. The molecule has 130 valence electrons. The third-order valence-electron chi connectivity index (χ3n) is 4.33. The maximum atomic E-state index is 12.2. The van der Waals surface area contributed by atoms with Gasteiger partial charge in [0.1, 0.15) is 5.60 Å². The fourth-order valence-corrected chi connectivity index (χ4v) is 2.89. The van der Waals surface area contributed by atoms with Gasteiger partial charge in [0.25, 0.3) is 0 Å². The Labute approximate surface area is 142 Å². The average molecular weight is 330 g/mol. The van der Waals surface area contributed by atoms with Crippen LogP contribution < -0.4 is 10.6 Å². The van der Waals surface area contributed by atoms with Crippen LogP contribution in [-0.4, -0.2) is 27.5 Å². The Morgan fingerprint density at radius 2 is 1.96 bits per heavy atom. The fourth-order valence-electron chi connectivity index (χ4n) is 2.89. The summed E-state index contributed by atoms with van der Waals surface area (Å²) in [5.74, 6) is 0. The van der Waals surface area contributed by atoms with Crippen molar-refractivity contribution in [1.29, 1.82) is 0 Å². The van der Waals surface area contributed by atoms with Gasteiger partial charge >= 0.3 is 6.03 Å². The first-order valence-corrected chi connectivity index (χ1v) is 8.04. The van der Waals surface area contributed by atoms with E-state index in [-0.39, 0.29) is 18.6 Å². The summed E-state index contributed by atoms with van der Waals surface area (Å²) in [5, 5.41) is 20.5. The number of nitrogens with one attached hydrogen (secondary N) is 2. The molecule has 24 heavy (non-hydrogen) atoms. The molecule has 0 unspecified atom stereocenters. The number of urea groups is 1. The van der Waals surface area contributed by atoms with Crippen LogP contribution in [0, 0.1) is 13.8 Å². The van der Waals surface area contributed by atoms with Crippen molar-refractivity contribution in [2.75, 3.05) is 6.54 Å². The van der Waals surface area contributed by atoms with E-state index in [0.29, 0.717) is 0 Å². The summed E-state index contributed by atoms with van der Waals surface area (Å²) in [4.78, 5) is 12.2. The van der Waals surface area contributed by atoms with Crippen LogP contribution in [0.1, 0.15) is 42.4 Å². The van der Waals surface area contributed by atoms with Gasteiger partial charge < -0.3 is 15.7 Å². The Morgan fingerprint density at radius 3 is 2.50 bits per heavy atom. The highest BCUT2D eigenvalue weighted by atomic mass is 16.3. The molecule has 0 aliphatic rings. The molecule has 0 saturated carbocycles. The van der Waals surface area contributed by atoms with Gasteiger partial charge in [-0.1, -0.05) is 30.3 Å². The van der Waals surface area contributed by atoms with E-state index in [0.717, 1.165) is 22.5 Å². The summed E-state index contributed by atoms with van der Waals surface area (Å²) in [6, 6.07) is 8.80. The Balaban J connectivity index is 1.96. The molecule has 1 aromatic heterocycles. The summed E-state index contributed by atoms with van der Waals surface area (Å²) >= 11 is 0. The maximum Gasteiger partial charge on any atom is 0.315 e. The van der Waals surface area contributed by atoms with E-state index >= 15 is 0 Å². The molecule has 0 fully saturated rings. The van der Waals surface area contributed by atoms with Crippen LogP contribution in [0.3, 0.4) is 0 Å². The largest absolute Gasteiger partial charge is 0.384 e. The molecule has 2 aromatic rings. The molecule has 2 rings (SSSR count). The van der Waals surface area contributed by atoms with E-state index in [1.165, 1.54) is 0 Å². The minimum atomic E-state index is -1.12. The fraction of sp³-hybridized carbons (Fsp3) is 0.444. The first-order chi connectivity index (χ1) is 11.2. The van der Waals surface area contributed by atoms with Crippen LogP contribution in [0.15, 0.2) is 30.3 Å². The van der Waals surface area contributed by atoms with Crippen LogP contribution in [0.2, 0.25) is 0 Å². The zero-order chi connectivity index (χ0) is 17.9. The highest BCUT2D eigenvalue weighted by molar-refractivity contribution is 5.74. The second-order valence-corrected chi connectivity index (χ2v) is 6.40. The Kier molecular flexibility index (Phi) is 5.29. The van der Waals surface area contributed by atoms with Crippen molar-refractivity contribution in [3.05, 3.63) is 52.8 Å². The molecule has 0 aliphatic carbocycles. The number of aromatic nitrogens is 2. The van der Waals surface area contributed by atoms with Crippen molar-refractivity contribution in [2.24, 2.45) is 7.05 Å². The first kappa shape index (κ1) is 18.0. The average Bonchev–Trinajstić information content (AvgIpc) is 2.79.